The summed E-state index contributed by atoms with van der Waals surface area (Å²) >= 11 is 0. The number of hydrogen-bond acceptors (Lipinski definition) is 6. The summed E-state index contributed by atoms with van der Waals surface area (Å²) in [6.07, 6.45) is 2.35. The quantitative estimate of drug-likeness (QED) is 0.816. The number of nitrogens with one attached hydrogen (secondary N) is 2. The molecule has 0 aromatic carbocycles. The van der Waals surface area contributed by atoms with Gasteiger partial charge in [-0.05, 0) is 38.9 Å². The minimum absolute atomic E-state index is 0.120. The second-order valence-electron chi connectivity index (χ2n) is 6.04. The first-order valence-electron chi connectivity index (χ1n) is 7.57. The summed E-state index contributed by atoms with van der Waals surface area (Å²) in [7, 11) is 1.97. The maximum atomic E-state index is 12.0. The van der Waals surface area contributed by atoms with E-state index in [1.54, 1.807) is 0 Å². The highest BCUT2D eigenvalue weighted by Crippen LogP contribution is 2.15. The van der Waals surface area contributed by atoms with Crippen LogP contribution in [0.3, 0.4) is 0 Å². The first-order valence-corrected chi connectivity index (χ1v) is 7.57. The molecule has 1 aromatic heterocycles. The van der Waals surface area contributed by atoms with E-state index in [2.05, 4.69) is 20.8 Å². The Hall–Kier alpha value is -1.47. The zero-order valence-electron chi connectivity index (χ0n) is 13.1. The number of carbonyl (C=O) groups is 1. The predicted molar refractivity (Wildman–Crippen MR) is 80.1 cm³/mol. The molecular weight excluding hydrogens is 270 g/mol. The largest absolute Gasteiger partial charge is 0.408 e. The van der Waals surface area contributed by atoms with Crippen molar-refractivity contribution in [3.8, 4) is 0 Å². The summed E-state index contributed by atoms with van der Waals surface area (Å²) in [6.45, 7) is 7.35. The van der Waals surface area contributed by atoms with Gasteiger partial charge in [0.05, 0.1) is 6.54 Å². The molecule has 7 nitrogen and oxygen atoms in total. The Morgan fingerprint density at radius 1 is 1.43 bits per heavy atom. The van der Waals surface area contributed by atoms with Gasteiger partial charge in [0.15, 0.2) is 0 Å². The van der Waals surface area contributed by atoms with Crippen molar-refractivity contribution >= 4 is 11.9 Å². The number of rotatable bonds is 6. The van der Waals surface area contributed by atoms with Crippen LogP contribution in [0.1, 0.15) is 38.5 Å². The smallest absolute Gasteiger partial charge is 0.322 e. The molecule has 21 heavy (non-hydrogen) atoms. The van der Waals surface area contributed by atoms with Crippen molar-refractivity contribution in [3.63, 3.8) is 0 Å². The molecule has 1 saturated heterocycles. The summed E-state index contributed by atoms with van der Waals surface area (Å²) in [6, 6.07) is 0.180. The van der Waals surface area contributed by atoms with Gasteiger partial charge in [0.25, 0.3) is 0 Å². The van der Waals surface area contributed by atoms with Gasteiger partial charge in [0.1, 0.15) is 0 Å². The van der Waals surface area contributed by atoms with Crippen LogP contribution in [0.5, 0.6) is 0 Å². The van der Waals surface area contributed by atoms with Crippen LogP contribution in [0.4, 0.5) is 6.01 Å². The van der Waals surface area contributed by atoms with Gasteiger partial charge in [0.2, 0.25) is 11.8 Å². The minimum atomic E-state index is -0.120. The molecule has 0 atom stereocenters. The van der Waals surface area contributed by atoms with Gasteiger partial charge in [-0.1, -0.05) is 18.9 Å². The average molecular weight is 295 g/mol. The zero-order valence-corrected chi connectivity index (χ0v) is 13.1. The highest BCUT2D eigenvalue weighted by Gasteiger charge is 2.17. The van der Waals surface area contributed by atoms with E-state index in [9.17, 15) is 4.79 Å². The standard InChI is InChI=1S/C14H25N5O2/c1-10(2)13-17-18-14(21-13)16-12(20)9-19(3)8-11-4-6-15-7-5-11/h10-11,15H,4-9H2,1-3H3,(H,16,18,20). The molecule has 0 spiro atoms. The fraction of sp³-hybridized carbons (Fsp3) is 0.786. The van der Waals surface area contributed by atoms with Crippen molar-refractivity contribution < 1.29 is 9.21 Å². The maximum Gasteiger partial charge on any atom is 0.322 e. The van der Waals surface area contributed by atoms with Gasteiger partial charge in [-0.2, -0.15) is 0 Å². The van der Waals surface area contributed by atoms with Crippen molar-refractivity contribution in [2.45, 2.75) is 32.6 Å². The van der Waals surface area contributed by atoms with Gasteiger partial charge in [0, 0.05) is 12.5 Å². The number of carbonyl (C=O) groups excluding carboxylic acids is 1. The molecule has 1 amide bonds. The molecule has 0 radical (unpaired) electrons. The van der Waals surface area contributed by atoms with Gasteiger partial charge < -0.3 is 9.73 Å². The third-order valence-electron chi connectivity index (χ3n) is 3.62. The molecule has 0 unspecified atom stereocenters. The summed E-state index contributed by atoms with van der Waals surface area (Å²) < 4.78 is 5.37. The molecule has 0 bridgehead atoms. The number of nitrogens with zero attached hydrogens (tertiary/aromatic N) is 3. The molecule has 2 N–H and O–H groups in total. The van der Waals surface area contributed by atoms with Crippen LogP contribution in [0.2, 0.25) is 0 Å². The lowest BCUT2D eigenvalue weighted by atomic mass is 9.98. The lowest BCUT2D eigenvalue weighted by molar-refractivity contribution is -0.117. The monoisotopic (exact) mass is 295 g/mol. The SMILES string of the molecule is CC(C)c1nnc(NC(=O)CN(C)CC2CCNCC2)o1. The third kappa shape index (κ3) is 5.09. The number of likely N-dealkylation sites (N-methyl/N-ethyl adjacent to an activating group) is 1. The number of aromatic nitrogens is 2. The van der Waals surface area contributed by atoms with E-state index >= 15 is 0 Å². The van der Waals surface area contributed by atoms with Crippen LogP contribution in [0.25, 0.3) is 0 Å². The fourth-order valence-electron chi connectivity index (χ4n) is 2.49. The Bertz CT molecular complexity index is 454. The number of hydrogen-bond donors (Lipinski definition) is 2. The Balaban J connectivity index is 1.74. The molecule has 2 rings (SSSR count). The van der Waals surface area contributed by atoms with Crippen molar-refractivity contribution in [1.82, 2.24) is 20.4 Å². The highest BCUT2D eigenvalue weighted by molar-refractivity contribution is 5.90. The van der Waals surface area contributed by atoms with Gasteiger partial charge in [-0.25, -0.2) is 0 Å². The molecule has 7 heteroatoms. The first-order chi connectivity index (χ1) is 10.0. The van der Waals surface area contributed by atoms with E-state index in [1.807, 2.05) is 25.8 Å². The lowest BCUT2D eigenvalue weighted by Crippen LogP contribution is -2.37. The van der Waals surface area contributed by atoms with Gasteiger partial charge >= 0.3 is 6.01 Å². The zero-order chi connectivity index (χ0) is 15.2. The Morgan fingerprint density at radius 2 is 2.14 bits per heavy atom. The van der Waals surface area contributed by atoms with E-state index in [1.165, 1.54) is 12.8 Å². The van der Waals surface area contributed by atoms with E-state index in [4.69, 9.17) is 4.42 Å². The van der Waals surface area contributed by atoms with E-state index in [0.29, 0.717) is 18.4 Å². The predicted octanol–water partition coefficient (Wildman–Crippen LogP) is 1.06. The van der Waals surface area contributed by atoms with Crippen LogP contribution in [0, 0.1) is 5.92 Å². The third-order valence-corrected chi connectivity index (χ3v) is 3.62. The molecule has 0 aliphatic carbocycles. The molecule has 1 fully saturated rings. The molecule has 2 heterocycles. The Labute approximate surface area is 125 Å². The first kappa shape index (κ1) is 15.9. The van der Waals surface area contributed by atoms with Crippen LogP contribution in [-0.4, -0.2) is 54.2 Å². The number of piperidine rings is 1. The van der Waals surface area contributed by atoms with Gasteiger partial charge in [-0.3, -0.25) is 15.0 Å². The fourth-order valence-corrected chi connectivity index (χ4v) is 2.49. The average Bonchev–Trinajstić information content (AvgIpc) is 2.88. The Kier molecular flexibility index (Phi) is 5.69. The van der Waals surface area contributed by atoms with E-state index in [0.717, 1.165) is 19.6 Å². The number of anilines is 1. The summed E-state index contributed by atoms with van der Waals surface area (Å²) in [5, 5.41) is 13.7. The van der Waals surface area contributed by atoms with Crippen LogP contribution in [-0.2, 0) is 4.79 Å². The molecule has 118 valence electrons. The molecule has 0 saturated carbocycles. The molecular formula is C14H25N5O2. The molecule has 1 aliphatic rings. The Morgan fingerprint density at radius 3 is 2.76 bits per heavy atom. The normalized spacial score (nSPS) is 16.6. The van der Waals surface area contributed by atoms with E-state index < -0.39 is 0 Å². The van der Waals surface area contributed by atoms with Crippen LogP contribution in [0.15, 0.2) is 4.42 Å². The molecule has 1 aromatic rings. The summed E-state index contributed by atoms with van der Waals surface area (Å²) in [4.78, 5) is 14.0. The van der Waals surface area contributed by atoms with Crippen LogP contribution < -0.4 is 10.6 Å². The lowest BCUT2D eigenvalue weighted by Gasteiger charge is -2.26. The van der Waals surface area contributed by atoms with E-state index in [-0.39, 0.29) is 17.8 Å². The second kappa shape index (κ2) is 7.51. The van der Waals surface area contributed by atoms with Crippen molar-refractivity contribution in [3.05, 3.63) is 5.89 Å². The van der Waals surface area contributed by atoms with Gasteiger partial charge in [-0.15, -0.1) is 5.10 Å². The summed E-state index contributed by atoms with van der Waals surface area (Å²) in [5.41, 5.74) is 0. The maximum absolute atomic E-state index is 12.0. The number of amides is 1. The van der Waals surface area contributed by atoms with Crippen LogP contribution >= 0.6 is 0 Å². The highest BCUT2D eigenvalue weighted by atomic mass is 16.4. The van der Waals surface area contributed by atoms with Crippen molar-refractivity contribution in [2.75, 3.05) is 38.5 Å². The van der Waals surface area contributed by atoms with Crippen molar-refractivity contribution in [2.24, 2.45) is 5.92 Å². The molecule has 1 aliphatic heterocycles. The minimum Gasteiger partial charge on any atom is -0.408 e. The summed E-state index contributed by atoms with van der Waals surface area (Å²) in [5.74, 6) is 1.24. The van der Waals surface area contributed by atoms with Crippen molar-refractivity contribution in [1.29, 1.82) is 0 Å². The topological polar surface area (TPSA) is 83.3 Å². The second-order valence-corrected chi connectivity index (χ2v) is 6.04.